The number of carbonyl (C=O) groups is 2. The minimum Gasteiger partial charge on any atom is -0.462 e. The molecule has 1 aromatic carbocycles. The molecule has 1 saturated heterocycles. The summed E-state index contributed by atoms with van der Waals surface area (Å²) >= 11 is 7.31. The maximum atomic E-state index is 12.6. The van der Waals surface area contributed by atoms with Crippen molar-refractivity contribution in [3.05, 3.63) is 46.3 Å². The lowest BCUT2D eigenvalue weighted by Gasteiger charge is -2.30. The summed E-state index contributed by atoms with van der Waals surface area (Å²) in [5.41, 5.74) is 0.709. The zero-order chi connectivity index (χ0) is 21.0. The number of hydrogen-bond donors (Lipinski definition) is 1. The highest BCUT2D eigenvalue weighted by molar-refractivity contribution is 7.91. The summed E-state index contributed by atoms with van der Waals surface area (Å²) in [5.74, 6) is -1.01. The minimum atomic E-state index is -3.49. The number of thiophene rings is 1. The Morgan fingerprint density at radius 3 is 2.59 bits per heavy atom. The van der Waals surface area contributed by atoms with E-state index in [2.05, 4.69) is 5.32 Å². The molecule has 1 amide bonds. The number of sulfonamides is 1. The van der Waals surface area contributed by atoms with Gasteiger partial charge >= 0.3 is 5.97 Å². The third-order valence-corrected chi connectivity index (χ3v) is 8.23. The molecule has 0 aliphatic carbocycles. The summed E-state index contributed by atoms with van der Waals surface area (Å²) in [6, 6.07) is 7.89. The van der Waals surface area contributed by atoms with Crippen molar-refractivity contribution in [2.24, 2.45) is 5.92 Å². The lowest BCUT2D eigenvalue weighted by Crippen LogP contribution is -2.41. The molecule has 1 aliphatic rings. The van der Waals surface area contributed by atoms with Crippen LogP contribution in [-0.2, 0) is 19.6 Å². The number of piperidine rings is 1. The second-order valence-electron chi connectivity index (χ2n) is 6.51. The molecule has 1 N–H and O–H groups in total. The standard InChI is InChI=1S/C19H21ClN2O5S2/c1-2-27-19(24)15-6-5-14(12-16(15)20)21-18(23)13-7-9-22(10-8-13)29(25,26)17-4-3-11-28-17/h3-6,11-13H,2,7-10H2,1H3,(H,21,23). The van der Waals surface area contributed by atoms with Crippen molar-refractivity contribution in [3.8, 4) is 0 Å². The average Bonchev–Trinajstić information content (AvgIpc) is 3.24. The molecule has 1 aliphatic heterocycles. The first-order valence-corrected chi connectivity index (χ1v) is 11.8. The Kier molecular flexibility index (Phi) is 6.94. The van der Waals surface area contributed by atoms with Gasteiger partial charge in [0, 0.05) is 24.7 Å². The van der Waals surface area contributed by atoms with Crippen LogP contribution in [0.5, 0.6) is 0 Å². The van der Waals surface area contributed by atoms with Gasteiger partial charge in [-0.25, -0.2) is 13.2 Å². The molecule has 1 aromatic heterocycles. The third-order valence-electron chi connectivity index (χ3n) is 4.65. The van der Waals surface area contributed by atoms with Crippen LogP contribution in [0.25, 0.3) is 0 Å². The molecule has 0 radical (unpaired) electrons. The fourth-order valence-corrected chi connectivity index (χ4v) is 5.98. The van der Waals surface area contributed by atoms with E-state index in [4.69, 9.17) is 16.3 Å². The van der Waals surface area contributed by atoms with Crippen LogP contribution in [0, 0.1) is 5.92 Å². The number of amides is 1. The molecule has 0 saturated carbocycles. The van der Waals surface area contributed by atoms with E-state index in [0.29, 0.717) is 35.8 Å². The summed E-state index contributed by atoms with van der Waals surface area (Å²) < 4.78 is 31.8. The van der Waals surface area contributed by atoms with Crippen LogP contribution in [0.3, 0.4) is 0 Å². The fourth-order valence-electron chi connectivity index (χ4n) is 3.11. The van der Waals surface area contributed by atoms with Crippen LogP contribution in [0.15, 0.2) is 39.9 Å². The smallest absolute Gasteiger partial charge is 0.339 e. The van der Waals surface area contributed by atoms with E-state index in [9.17, 15) is 18.0 Å². The highest BCUT2D eigenvalue weighted by Crippen LogP contribution is 2.28. The molecule has 156 valence electrons. The lowest BCUT2D eigenvalue weighted by atomic mass is 9.97. The van der Waals surface area contributed by atoms with Crippen LogP contribution >= 0.6 is 22.9 Å². The predicted molar refractivity (Wildman–Crippen MR) is 112 cm³/mol. The Labute approximate surface area is 178 Å². The number of rotatable bonds is 6. The highest BCUT2D eigenvalue weighted by Gasteiger charge is 2.32. The summed E-state index contributed by atoms with van der Waals surface area (Å²) in [7, 11) is -3.49. The van der Waals surface area contributed by atoms with Gasteiger partial charge in [0.05, 0.1) is 17.2 Å². The van der Waals surface area contributed by atoms with Crippen LogP contribution in [0.2, 0.25) is 5.02 Å². The van der Waals surface area contributed by atoms with Crippen LogP contribution in [-0.4, -0.2) is 44.3 Å². The number of hydrogen-bond acceptors (Lipinski definition) is 6. The monoisotopic (exact) mass is 456 g/mol. The first-order valence-electron chi connectivity index (χ1n) is 9.14. The van der Waals surface area contributed by atoms with Gasteiger partial charge in [-0.3, -0.25) is 4.79 Å². The largest absolute Gasteiger partial charge is 0.462 e. The van der Waals surface area contributed by atoms with Crippen molar-refractivity contribution in [1.29, 1.82) is 0 Å². The fraction of sp³-hybridized carbons (Fsp3) is 0.368. The summed E-state index contributed by atoms with van der Waals surface area (Å²) in [4.78, 5) is 24.4. The van der Waals surface area contributed by atoms with E-state index in [1.807, 2.05) is 0 Å². The van der Waals surface area contributed by atoms with Crippen molar-refractivity contribution in [2.75, 3.05) is 25.0 Å². The maximum absolute atomic E-state index is 12.6. The predicted octanol–water partition coefficient (Wildman–Crippen LogP) is 3.62. The van der Waals surface area contributed by atoms with E-state index >= 15 is 0 Å². The van der Waals surface area contributed by atoms with E-state index in [1.165, 1.54) is 27.8 Å². The summed E-state index contributed by atoms with van der Waals surface area (Å²) in [5, 5.41) is 4.71. The number of anilines is 1. The normalized spacial score (nSPS) is 15.8. The number of halogens is 1. The second-order valence-corrected chi connectivity index (χ2v) is 10.0. The molecule has 0 unspecified atom stereocenters. The van der Waals surface area contributed by atoms with Crippen molar-refractivity contribution in [3.63, 3.8) is 0 Å². The highest BCUT2D eigenvalue weighted by atomic mass is 35.5. The van der Waals surface area contributed by atoms with Crippen molar-refractivity contribution in [2.45, 2.75) is 24.0 Å². The van der Waals surface area contributed by atoms with Crippen LogP contribution < -0.4 is 5.32 Å². The number of nitrogens with one attached hydrogen (secondary N) is 1. The molecule has 3 rings (SSSR count). The van der Waals surface area contributed by atoms with E-state index in [-0.39, 0.29) is 29.0 Å². The Balaban J connectivity index is 1.59. The van der Waals surface area contributed by atoms with E-state index in [0.717, 1.165) is 0 Å². The molecule has 1 fully saturated rings. The van der Waals surface area contributed by atoms with Crippen molar-refractivity contribution < 1.29 is 22.7 Å². The van der Waals surface area contributed by atoms with E-state index in [1.54, 1.807) is 30.5 Å². The second kappa shape index (κ2) is 9.25. The van der Waals surface area contributed by atoms with E-state index < -0.39 is 16.0 Å². The summed E-state index contributed by atoms with van der Waals surface area (Å²) in [6.07, 6.45) is 0.871. The molecular weight excluding hydrogens is 436 g/mol. The maximum Gasteiger partial charge on any atom is 0.339 e. The SMILES string of the molecule is CCOC(=O)c1ccc(NC(=O)C2CCN(S(=O)(=O)c3cccs3)CC2)cc1Cl. The Morgan fingerprint density at radius 2 is 2.00 bits per heavy atom. The van der Waals surface area contributed by atoms with Gasteiger partial charge in [0.1, 0.15) is 4.21 Å². The first-order chi connectivity index (χ1) is 13.8. The minimum absolute atomic E-state index is 0.193. The quantitative estimate of drug-likeness (QED) is 0.670. The molecule has 0 atom stereocenters. The molecular formula is C19H21ClN2O5S2. The van der Waals surface area contributed by atoms with Crippen LogP contribution in [0.1, 0.15) is 30.1 Å². The van der Waals surface area contributed by atoms with Gasteiger partial charge < -0.3 is 10.1 Å². The molecule has 2 heterocycles. The zero-order valence-electron chi connectivity index (χ0n) is 15.8. The Hall–Kier alpha value is -1.94. The van der Waals surface area contributed by atoms with Crippen molar-refractivity contribution in [1.82, 2.24) is 4.31 Å². The molecule has 2 aromatic rings. The number of benzene rings is 1. The Bertz CT molecular complexity index is 984. The molecule has 0 spiro atoms. The van der Waals surface area contributed by atoms with Crippen LogP contribution in [0.4, 0.5) is 5.69 Å². The molecule has 29 heavy (non-hydrogen) atoms. The first kappa shape index (κ1) is 21.8. The zero-order valence-corrected chi connectivity index (χ0v) is 18.1. The number of nitrogens with zero attached hydrogens (tertiary/aromatic N) is 1. The Morgan fingerprint density at radius 1 is 1.28 bits per heavy atom. The molecule has 10 heteroatoms. The molecule has 0 bridgehead atoms. The van der Waals surface area contributed by atoms with Gasteiger partial charge in [-0.1, -0.05) is 17.7 Å². The van der Waals surface area contributed by atoms with Gasteiger partial charge in [-0.05, 0) is 49.4 Å². The topological polar surface area (TPSA) is 92.8 Å². The van der Waals surface area contributed by atoms with Gasteiger partial charge in [0.15, 0.2) is 0 Å². The third kappa shape index (κ3) is 4.98. The van der Waals surface area contributed by atoms with Gasteiger partial charge in [-0.15, -0.1) is 11.3 Å². The number of carbonyl (C=O) groups excluding carboxylic acids is 2. The number of esters is 1. The summed E-state index contributed by atoms with van der Waals surface area (Å²) in [6.45, 7) is 2.54. The van der Waals surface area contributed by atoms with Gasteiger partial charge in [0.2, 0.25) is 5.91 Å². The number of ether oxygens (including phenoxy) is 1. The molecule has 7 nitrogen and oxygen atoms in total. The van der Waals surface area contributed by atoms with Gasteiger partial charge in [0.25, 0.3) is 10.0 Å². The lowest BCUT2D eigenvalue weighted by molar-refractivity contribution is -0.120. The average molecular weight is 457 g/mol. The van der Waals surface area contributed by atoms with Gasteiger partial charge in [-0.2, -0.15) is 4.31 Å². The van der Waals surface area contributed by atoms with Crippen molar-refractivity contribution >= 4 is 50.5 Å².